The van der Waals surface area contributed by atoms with E-state index in [2.05, 4.69) is 4.72 Å². The summed E-state index contributed by atoms with van der Waals surface area (Å²) in [6.07, 6.45) is -0.726. The minimum atomic E-state index is -4.21. The number of nitrogens with zero attached hydrogens (tertiary/aromatic N) is 1. The number of aromatic carboxylic acids is 1. The summed E-state index contributed by atoms with van der Waals surface area (Å²) in [6, 6.07) is 5.24. The number of alkyl halides is 3. The Morgan fingerprint density at radius 1 is 1.28 bits per heavy atom. The number of rotatable bonds is 2. The number of carboxylic acid groups (broad SMARTS) is 1. The molecular formula is C17H19F3N2O2S. The summed E-state index contributed by atoms with van der Waals surface area (Å²) in [7, 11) is 0. The maximum atomic E-state index is 12.8. The first-order valence-corrected chi connectivity index (χ1v) is 9.15. The fraction of sp³-hybridized carbons (Fsp3) is 0.588. The lowest BCUT2D eigenvalue weighted by molar-refractivity contribution is -0.135. The van der Waals surface area contributed by atoms with E-state index in [0.29, 0.717) is 6.54 Å². The Hall–Kier alpha value is -1.25. The van der Waals surface area contributed by atoms with E-state index in [1.807, 2.05) is 6.07 Å². The average Bonchev–Trinajstić information content (AvgIpc) is 3.00. The molecule has 1 spiro atoms. The van der Waals surface area contributed by atoms with Crippen LogP contribution in [0.3, 0.4) is 0 Å². The van der Waals surface area contributed by atoms with Crippen molar-refractivity contribution in [1.82, 2.24) is 9.03 Å². The monoisotopic (exact) mass is 372 g/mol. The molecule has 1 heterocycles. The van der Waals surface area contributed by atoms with Crippen molar-refractivity contribution in [2.45, 2.75) is 37.4 Å². The van der Waals surface area contributed by atoms with Crippen LogP contribution in [0.25, 0.3) is 0 Å². The summed E-state index contributed by atoms with van der Waals surface area (Å²) in [5.41, 5.74) is 2.13. The molecule has 4 nitrogen and oxygen atoms in total. The summed E-state index contributed by atoms with van der Waals surface area (Å²) in [5, 5.41) is 9.21. The highest BCUT2D eigenvalue weighted by Crippen LogP contribution is 2.51. The van der Waals surface area contributed by atoms with Crippen molar-refractivity contribution < 1.29 is 23.1 Å². The molecule has 0 aromatic heterocycles. The standard InChI is InChI=1S/C17H19F3N2O2S/c18-17(19,20)9-22-8-16(21-25-22)13-3-4-14(16)7-12-5-11(15(23)24)2-1-10(12)6-13/h1-2,5,13-14,21H,3-4,6-9H2,(H,23,24). The maximum absolute atomic E-state index is 12.8. The second-order valence-corrected chi connectivity index (χ2v) is 8.22. The summed E-state index contributed by atoms with van der Waals surface area (Å²) in [6.45, 7) is -0.533. The molecule has 2 fully saturated rings. The molecule has 2 bridgehead atoms. The van der Waals surface area contributed by atoms with Crippen molar-refractivity contribution in [3.63, 3.8) is 0 Å². The minimum absolute atomic E-state index is 0.230. The van der Waals surface area contributed by atoms with Crippen molar-refractivity contribution in [1.29, 1.82) is 0 Å². The number of hydrogen-bond donors (Lipinski definition) is 2. The zero-order valence-electron chi connectivity index (χ0n) is 13.5. The molecule has 0 amide bonds. The van der Waals surface area contributed by atoms with Crippen LogP contribution in [-0.4, -0.2) is 40.2 Å². The van der Waals surface area contributed by atoms with Gasteiger partial charge in [-0.05, 0) is 60.8 Å². The van der Waals surface area contributed by atoms with Crippen LogP contribution in [0.15, 0.2) is 18.2 Å². The molecule has 25 heavy (non-hydrogen) atoms. The van der Waals surface area contributed by atoms with Gasteiger partial charge in [0.05, 0.1) is 5.56 Å². The van der Waals surface area contributed by atoms with Crippen molar-refractivity contribution >= 4 is 18.1 Å². The number of halogens is 3. The van der Waals surface area contributed by atoms with Crippen LogP contribution in [0.2, 0.25) is 0 Å². The van der Waals surface area contributed by atoms with Crippen LogP contribution >= 0.6 is 12.1 Å². The average molecular weight is 372 g/mol. The third-order valence-corrected chi connectivity index (χ3v) is 6.85. The molecule has 0 radical (unpaired) electrons. The zero-order valence-corrected chi connectivity index (χ0v) is 14.3. The number of benzene rings is 1. The van der Waals surface area contributed by atoms with E-state index in [4.69, 9.17) is 0 Å². The molecule has 136 valence electrons. The zero-order chi connectivity index (χ0) is 17.8. The molecule has 3 unspecified atom stereocenters. The Kier molecular flexibility index (Phi) is 4.05. The van der Waals surface area contributed by atoms with Crippen LogP contribution in [0.1, 0.15) is 34.3 Å². The molecule has 4 rings (SSSR count). The van der Waals surface area contributed by atoms with Crippen LogP contribution in [-0.2, 0) is 12.8 Å². The molecule has 2 N–H and O–H groups in total. The van der Waals surface area contributed by atoms with E-state index >= 15 is 0 Å². The Labute approximate surface area is 148 Å². The van der Waals surface area contributed by atoms with Crippen LogP contribution in [0.4, 0.5) is 13.2 Å². The summed E-state index contributed by atoms with van der Waals surface area (Å²) < 4.78 is 43.0. The molecule has 1 saturated heterocycles. The van der Waals surface area contributed by atoms with Crippen LogP contribution in [0, 0.1) is 11.8 Å². The van der Waals surface area contributed by atoms with Crippen molar-refractivity contribution in [2.75, 3.05) is 13.1 Å². The highest BCUT2D eigenvalue weighted by Gasteiger charge is 2.56. The van der Waals surface area contributed by atoms with Gasteiger partial charge in [-0.15, -0.1) is 0 Å². The van der Waals surface area contributed by atoms with Crippen LogP contribution in [0.5, 0.6) is 0 Å². The molecule has 3 aliphatic rings. The minimum Gasteiger partial charge on any atom is -0.478 e. The van der Waals surface area contributed by atoms with Gasteiger partial charge in [-0.25, -0.2) is 13.8 Å². The van der Waals surface area contributed by atoms with Gasteiger partial charge in [0.1, 0.15) is 6.54 Å². The summed E-state index contributed by atoms with van der Waals surface area (Å²) in [5.74, 6) is -0.438. The second-order valence-electron chi connectivity index (χ2n) is 7.32. The summed E-state index contributed by atoms with van der Waals surface area (Å²) in [4.78, 5) is 11.2. The lowest BCUT2D eigenvalue weighted by atomic mass is 9.79. The van der Waals surface area contributed by atoms with Gasteiger partial charge in [0.2, 0.25) is 0 Å². The molecule has 3 atom stereocenters. The Balaban J connectivity index is 1.60. The predicted molar refractivity (Wildman–Crippen MR) is 88.1 cm³/mol. The Morgan fingerprint density at radius 2 is 1.96 bits per heavy atom. The first-order valence-electron chi connectivity index (χ1n) is 8.38. The van der Waals surface area contributed by atoms with Gasteiger partial charge in [0.25, 0.3) is 0 Å². The van der Waals surface area contributed by atoms with Gasteiger partial charge >= 0.3 is 12.1 Å². The third kappa shape index (κ3) is 3.04. The number of carbonyl (C=O) groups is 1. The van der Waals surface area contributed by atoms with Crippen molar-refractivity contribution in [3.05, 3.63) is 34.9 Å². The molecule has 2 aliphatic carbocycles. The van der Waals surface area contributed by atoms with Crippen molar-refractivity contribution in [3.8, 4) is 0 Å². The molecule has 8 heteroatoms. The highest BCUT2D eigenvalue weighted by molar-refractivity contribution is 7.95. The Morgan fingerprint density at radius 3 is 2.60 bits per heavy atom. The van der Waals surface area contributed by atoms with Gasteiger partial charge in [-0.1, -0.05) is 6.07 Å². The highest BCUT2D eigenvalue weighted by atomic mass is 32.2. The fourth-order valence-electron chi connectivity index (χ4n) is 4.72. The largest absolute Gasteiger partial charge is 0.478 e. The van der Waals surface area contributed by atoms with Crippen LogP contribution < -0.4 is 4.72 Å². The number of nitrogens with one attached hydrogen (secondary N) is 1. The van der Waals surface area contributed by atoms with E-state index in [9.17, 15) is 23.1 Å². The number of carboxylic acids is 1. The molecule has 1 aromatic carbocycles. The number of fused-ring (bicyclic) bond motifs is 1. The Bertz CT molecular complexity index is 712. The number of hydrogen-bond acceptors (Lipinski definition) is 4. The van der Waals surface area contributed by atoms with E-state index in [1.54, 1.807) is 12.1 Å². The SMILES string of the molecule is O=C(O)c1ccc2c(c1)CC1CCC(C2)C12CN(CC(F)(F)F)SN2. The summed E-state index contributed by atoms with van der Waals surface area (Å²) >= 11 is 1.09. The normalized spacial score (nSPS) is 32.0. The van der Waals surface area contributed by atoms with Gasteiger partial charge in [0, 0.05) is 24.2 Å². The quantitative estimate of drug-likeness (QED) is 0.781. The second kappa shape index (κ2) is 5.89. The predicted octanol–water partition coefficient (Wildman–Crippen LogP) is 3.28. The van der Waals surface area contributed by atoms with Gasteiger partial charge in [0.15, 0.2) is 0 Å². The topological polar surface area (TPSA) is 52.6 Å². The first-order chi connectivity index (χ1) is 11.8. The fourth-order valence-corrected chi connectivity index (χ4v) is 5.90. The lowest BCUT2D eigenvalue weighted by Gasteiger charge is -2.34. The lowest BCUT2D eigenvalue weighted by Crippen LogP contribution is -2.51. The maximum Gasteiger partial charge on any atom is 0.402 e. The third-order valence-electron chi connectivity index (χ3n) is 5.86. The van der Waals surface area contributed by atoms with E-state index in [0.717, 1.165) is 48.9 Å². The smallest absolute Gasteiger partial charge is 0.402 e. The van der Waals surface area contributed by atoms with E-state index < -0.39 is 18.7 Å². The first kappa shape index (κ1) is 17.2. The van der Waals surface area contributed by atoms with E-state index in [1.165, 1.54) is 4.31 Å². The van der Waals surface area contributed by atoms with Crippen molar-refractivity contribution in [2.24, 2.45) is 11.8 Å². The molecular weight excluding hydrogens is 353 g/mol. The molecule has 1 saturated carbocycles. The van der Waals surface area contributed by atoms with E-state index in [-0.39, 0.29) is 22.9 Å². The van der Waals surface area contributed by atoms with Gasteiger partial charge in [-0.3, -0.25) is 0 Å². The molecule has 1 aliphatic heterocycles. The molecule has 1 aromatic rings. The van der Waals surface area contributed by atoms with Gasteiger partial charge in [-0.2, -0.15) is 13.2 Å². The van der Waals surface area contributed by atoms with Gasteiger partial charge < -0.3 is 5.11 Å².